The molecule has 0 saturated carbocycles. The molecule has 139 heavy (non-hydrogen) atoms. The number of hydrogen-bond acceptors (Lipinski definition) is 20. The summed E-state index contributed by atoms with van der Waals surface area (Å²) in [7, 11) is 0. The number of carbonyl (C=O) groups excluding carboxylic acids is 4. The van der Waals surface area contributed by atoms with Gasteiger partial charge in [0.1, 0.15) is 67.3 Å². The quantitative estimate of drug-likeness (QED) is 0.0551. The summed E-state index contributed by atoms with van der Waals surface area (Å²) in [6.45, 7) is 28.9. The van der Waals surface area contributed by atoms with Crippen LogP contribution in [0.5, 0.6) is 23.0 Å². The van der Waals surface area contributed by atoms with Crippen LogP contribution in [-0.4, -0.2) is 140 Å². The molecule has 4 N–H and O–H groups in total. The highest BCUT2D eigenvalue weighted by Crippen LogP contribution is 2.48. The summed E-state index contributed by atoms with van der Waals surface area (Å²) in [5.41, 5.74) is 20.4. The maximum Gasteiger partial charge on any atom is 0.317 e. The molecular formula is C111H118N16O8S4. The molecule has 8 amide bonds. The smallest absolute Gasteiger partial charge is 0.317 e. The first kappa shape index (κ1) is 97.2. The largest absolute Gasteiger partial charge is 0.490 e. The Kier molecular flexibility index (Phi) is 30.5. The van der Waals surface area contributed by atoms with Crippen molar-refractivity contribution in [1.82, 2.24) is 60.8 Å². The summed E-state index contributed by atoms with van der Waals surface area (Å²) in [5, 5.41) is 54.9. The SMILES string of the molecule is CC(C)Oc1ccc(-c2ncc(-c3cccc4c3CC[C@@H]4NC(=O)N3CCCC3)s2)cc1C#N.CC(C)Oc1ccc(-c2ncc(-c3cccc4c3CC[C@@H]4NC(=O)N3CC[C@@H](C)C3)s2)cc1C#N.CC(C)Oc1ccc(-c2ncc(-c3cccc4c3CC[C@@H]4NC(=O)N3CC[C@H](C)C3)s2)cc1C#N.CC(C)Oc1ccc(-c2ncc(-c3cccc4c3CC[C@H]4NC(=O)N3CC[C@@H](C)C3)s2)cc1C#N. The van der Waals surface area contributed by atoms with Crippen LogP contribution in [0.2, 0.25) is 0 Å². The Labute approximate surface area is 830 Å². The van der Waals surface area contributed by atoms with E-state index >= 15 is 0 Å². The van der Waals surface area contributed by atoms with Gasteiger partial charge in [-0.15, -0.1) is 45.3 Å². The minimum atomic E-state index is 0.00659. The average Bonchev–Trinajstić information content (AvgIpc) is 1.64. The van der Waals surface area contributed by atoms with E-state index in [0.717, 1.165) is 198 Å². The number of nitriles is 4. The maximum atomic E-state index is 12.8. The topological polar surface area (TPSA) is 313 Å². The Morgan fingerprint density at radius 3 is 0.784 bits per heavy atom. The van der Waals surface area contributed by atoms with Crippen molar-refractivity contribution in [3.8, 4) is 131 Å². The number of hydrogen-bond donors (Lipinski definition) is 4. The molecule has 4 saturated heterocycles. The van der Waals surface area contributed by atoms with Crippen LogP contribution in [0.25, 0.3) is 84.0 Å². The van der Waals surface area contributed by atoms with Crippen molar-refractivity contribution in [3.05, 3.63) is 237 Å². The van der Waals surface area contributed by atoms with E-state index < -0.39 is 0 Å². The van der Waals surface area contributed by atoms with Gasteiger partial charge in [0, 0.05) is 99.4 Å². The van der Waals surface area contributed by atoms with E-state index in [4.69, 9.17) is 18.9 Å². The fourth-order valence-electron chi connectivity index (χ4n) is 19.9. The van der Waals surface area contributed by atoms with Crippen LogP contribution in [0.1, 0.15) is 225 Å². The lowest BCUT2D eigenvalue weighted by atomic mass is 10.0. The van der Waals surface area contributed by atoms with Crippen LogP contribution in [0.15, 0.2) is 170 Å². The number of amides is 8. The minimum absolute atomic E-state index is 0.00659. The predicted octanol–water partition coefficient (Wildman–Crippen LogP) is 24.5. The van der Waals surface area contributed by atoms with Crippen molar-refractivity contribution in [2.75, 3.05) is 52.4 Å². The Balaban J connectivity index is 0.000000128. The molecule has 4 aliphatic heterocycles. The number of rotatable bonds is 20. The first-order chi connectivity index (χ1) is 67.3. The molecule has 12 aromatic rings. The van der Waals surface area contributed by atoms with Crippen molar-refractivity contribution < 1.29 is 38.1 Å². The Hall–Kier alpha value is -13.5. The highest BCUT2D eigenvalue weighted by molar-refractivity contribution is 7.19. The molecule has 28 heteroatoms. The molecule has 8 aliphatic rings. The van der Waals surface area contributed by atoms with Gasteiger partial charge in [0.2, 0.25) is 0 Å². The molecule has 0 spiro atoms. The number of carbonyl (C=O) groups is 4. The lowest BCUT2D eigenvalue weighted by Crippen LogP contribution is -2.39. The van der Waals surface area contributed by atoms with Crippen molar-refractivity contribution in [1.29, 1.82) is 21.0 Å². The summed E-state index contributed by atoms with van der Waals surface area (Å²) in [6.07, 6.45) is 20.5. The van der Waals surface area contributed by atoms with Gasteiger partial charge in [0.15, 0.2) is 0 Å². The van der Waals surface area contributed by atoms with Crippen molar-refractivity contribution >= 4 is 69.5 Å². The molecule has 7 atom stereocenters. The van der Waals surface area contributed by atoms with Gasteiger partial charge < -0.3 is 59.8 Å². The van der Waals surface area contributed by atoms with Gasteiger partial charge in [0.25, 0.3) is 0 Å². The molecular weight excluding hydrogens is 1810 g/mol. The van der Waals surface area contributed by atoms with Crippen molar-refractivity contribution in [2.24, 2.45) is 17.8 Å². The third kappa shape index (κ3) is 22.5. The second-order valence-corrected chi connectivity index (χ2v) is 42.6. The molecule has 0 radical (unpaired) electrons. The summed E-state index contributed by atoms with van der Waals surface area (Å²) >= 11 is 6.49. The van der Waals surface area contributed by atoms with Crippen LogP contribution in [-0.2, 0) is 25.7 Å². The first-order valence-electron chi connectivity index (χ1n) is 48.7. The third-order valence-electron chi connectivity index (χ3n) is 26.7. The molecule has 0 bridgehead atoms. The van der Waals surface area contributed by atoms with E-state index in [1.807, 2.05) is 173 Å². The van der Waals surface area contributed by atoms with Crippen LogP contribution in [0.3, 0.4) is 0 Å². The molecule has 0 unspecified atom stereocenters. The van der Waals surface area contributed by atoms with Gasteiger partial charge >= 0.3 is 24.1 Å². The van der Waals surface area contributed by atoms with Gasteiger partial charge in [-0.1, -0.05) is 93.6 Å². The molecule has 8 heterocycles. The number of nitrogens with one attached hydrogen (secondary N) is 4. The predicted molar refractivity (Wildman–Crippen MR) is 549 cm³/mol. The van der Waals surface area contributed by atoms with Gasteiger partial charge in [0.05, 0.1) is 90.3 Å². The van der Waals surface area contributed by atoms with Crippen molar-refractivity contribution in [3.63, 3.8) is 0 Å². The van der Waals surface area contributed by atoms with Gasteiger partial charge in [-0.2, -0.15) is 21.0 Å². The number of ether oxygens (including phenoxy) is 4. The minimum Gasteiger partial charge on any atom is -0.490 e. The molecule has 24 nitrogen and oxygen atoms in total. The number of aromatic nitrogens is 4. The first-order valence-corrected chi connectivity index (χ1v) is 52.0. The van der Waals surface area contributed by atoms with E-state index in [0.29, 0.717) is 63.0 Å². The van der Waals surface area contributed by atoms with Gasteiger partial charge in [-0.25, -0.2) is 39.1 Å². The number of fused-ring (bicyclic) bond motifs is 4. The normalized spacial score (nSPS) is 18.5. The highest BCUT2D eigenvalue weighted by atomic mass is 32.1. The van der Waals surface area contributed by atoms with E-state index in [9.17, 15) is 40.2 Å². The number of benzene rings is 8. The van der Waals surface area contributed by atoms with E-state index in [2.05, 4.69) is 159 Å². The monoisotopic (exact) mass is 1930 g/mol. The van der Waals surface area contributed by atoms with Crippen LogP contribution in [0, 0.1) is 63.1 Å². The zero-order chi connectivity index (χ0) is 97.2. The number of nitrogens with zero attached hydrogens (tertiary/aromatic N) is 12. The zero-order valence-corrected chi connectivity index (χ0v) is 83.9. The van der Waals surface area contributed by atoms with Crippen LogP contribution >= 0.6 is 45.3 Å². The van der Waals surface area contributed by atoms with E-state index in [-0.39, 0.29) is 72.7 Å². The standard InChI is InChI=1S/3C28H30N4O2S.C27H28N4O2S/c3*1-17(2)34-25-10-7-19(13-20(25)14-29)27-30-15-26(35-27)23-6-4-5-22-21(23)8-9-24(22)31-28(33)32-12-11-18(3)16-32;1-17(2)33-24-11-8-18(14-19(24)15-28)26-29-16-25(34-26)22-7-5-6-21-20(22)9-10-23(21)30-27(32)31-12-3-4-13-31/h3*4-7,10,13,15,17-18,24H,8-9,11-12,16H2,1-3H3,(H,31,33);5-8,11,14,16-17,23H,3-4,9-10,12-13H2,1-2H3,(H,30,32)/t18-,24+;2*18-,24-;23-/m1100/s1. The second-order valence-electron chi connectivity index (χ2n) is 38.4. The maximum absolute atomic E-state index is 12.8. The number of thiazole rings is 4. The molecule has 8 aromatic carbocycles. The van der Waals surface area contributed by atoms with E-state index in [1.165, 1.54) is 66.8 Å². The molecule has 4 aromatic heterocycles. The lowest BCUT2D eigenvalue weighted by Gasteiger charge is -2.21. The average molecular weight is 1930 g/mol. The Morgan fingerprint density at radius 1 is 0.331 bits per heavy atom. The Bertz CT molecular complexity index is 6240. The summed E-state index contributed by atoms with van der Waals surface area (Å²) in [5.74, 6) is 4.12. The molecule has 4 fully saturated rings. The highest BCUT2D eigenvalue weighted by Gasteiger charge is 2.37. The van der Waals surface area contributed by atoms with Crippen LogP contribution < -0.4 is 40.2 Å². The van der Waals surface area contributed by atoms with Crippen LogP contribution in [0.4, 0.5) is 19.2 Å². The lowest BCUT2D eigenvalue weighted by molar-refractivity contribution is 0.202. The fraction of sp³-hybridized carbons (Fsp3) is 0.387. The summed E-state index contributed by atoms with van der Waals surface area (Å²) < 4.78 is 23.0. The third-order valence-corrected chi connectivity index (χ3v) is 31.0. The fourth-order valence-corrected chi connectivity index (χ4v) is 23.8. The second kappa shape index (κ2) is 43.7. The zero-order valence-electron chi connectivity index (χ0n) is 80.6. The van der Waals surface area contributed by atoms with Gasteiger partial charge in [-0.05, 0) is 296 Å². The number of urea groups is 4. The van der Waals surface area contributed by atoms with Gasteiger partial charge in [-0.3, -0.25) is 0 Å². The molecule has 4 aliphatic carbocycles. The molecule has 20 rings (SSSR count). The number of likely N-dealkylation sites (tertiary alicyclic amines) is 4. The summed E-state index contributed by atoms with van der Waals surface area (Å²) in [4.78, 5) is 81.8. The Morgan fingerprint density at radius 2 is 0.568 bits per heavy atom. The molecule has 714 valence electrons. The van der Waals surface area contributed by atoms with Crippen molar-refractivity contribution in [2.45, 2.75) is 208 Å². The van der Waals surface area contributed by atoms with E-state index in [1.54, 1.807) is 45.3 Å². The summed E-state index contributed by atoms with van der Waals surface area (Å²) in [6, 6.07) is 57.4.